The summed E-state index contributed by atoms with van der Waals surface area (Å²) >= 11 is 1.43. The SMILES string of the molecule is CSc1nc(-c2ccc3c(c2)CCO3)cc(=O)[nH]1. The summed E-state index contributed by atoms with van der Waals surface area (Å²) in [7, 11) is 0. The molecule has 0 spiro atoms. The van der Waals surface area contributed by atoms with Crippen molar-refractivity contribution in [3.8, 4) is 17.0 Å². The molecule has 0 saturated carbocycles. The molecule has 2 heterocycles. The lowest BCUT2D eigenvalue weighted by molar-refractivity contribution is 0.357. The van der Waals surface area contributed by atoms with Gasteiger partial charge < -0.3 is 9.72 Å². The van der Waals surface area contributed by atoms with E-state index >= 15 is 0 Å². The first-order chi connectivity index (χ1) is 8.76. The molecule has 3 rings (SSSR count). The maximum Gasteiger partial charge on any atom is 0.252 e. The number of thioether (sulfide) groups is 1. The van der Waals surface area contributed by atoms with Crippen LogP contribution >= 0.6 is 11.8 Å². The van der Waals surface area contributed by atoms with Gasteiger partial charge in [0.25, 0.3) is 5.56 Å². The molecule has 0 aliphatic carbocycles. The van der Waals surface area contributed by atoms with Crippen LogP contribution in [0.2, 0.25) is 0 Å². The summed E-state index contributed by atoms with van der Waals surface area (Å²) in [4.78, 5) is 18.6. The number of aromatic amines is 1. The minimum atomic E-state index is -0.124. The van der Waals surface area contributed by atoms with Crippen LogP contribution in [0.4, 0.5) is 0 Å². The summed E-state index contributed by atoms with van der Waals surface area (Å²) in [6.45, 7) is 0.734. The van der Waals surface area contributed by atoms with E-state index in [1.807, 2.05) is 24.5 Å². The molecule has 1 aliphatic heterocycles. The summed E-state index contributed by atoms with van der Waals surface area (Å²) in [6.07, 6.45) is 2.81. The molecule has 92 valence electrons. The van der Waals surface area contributed by atoms with Gasteiger partial charge in [-0.25, -0.2) is 4.98 Å². The maximum absolute atomic E-state index is 11.5. The molecule has 1 aromatic heterocycles. The minimum absolute atomic E-state index is 0.124. The van der Waals surface area contributed by atoms with E-state index in [1.54, 1.807) is 0 Å². The van der Waals surface area contributed by atoms with Gasteiger partial charge in [0, 0.05) is 18.1 Å². The Balaban J connectivity index is 2.09. The highest BCUT2D eigenvalue weighted by molar-refractivity contribution is 7.98. The summed E-state index contributed by atoms with van der Waals surface area (Å²) in [5.41, 5.74) is 2.72. The number of nitrogens with zero attached hydrogens (tertiary/aromatic N) is 1. The first-order valence-corrected chi connectivity index (χ1v) is 6.90. The summed E-state index contributed by atoms with van der Waals surface area (Å²) < 4.78 is 5.47. The molecule has 2 aromatic rings. The van der Waals surface area contributed by atoms with Gasteiger partial charge in [-0.3, -0.25) is 4.79 Å². The molecular formula is C13H12N2O2S. The van der Waals surface area contributed by atoms with E-state index in [-0.39, 0.29) is 5.56 Å². The van der Waals surface area contributed by atoms with E-state index in [9.17, 15) is 4.79 Å². The molecule has 1 N–H and O–H groups in total. The Morgan fingerprint density at radius 2 is 2.28 bits per heavy atom. The Bertz CT molecular complexity index is 652. The van der Waals surface area contributed by atoms with Crippen molar-refractivity contribution in [2.45, 2.75) is 11.6 Å². The highest BCUT2D eigenvalue weighted by Gasteiger charge is 2.13. The Hall–Kier alpha value is -1.75. The molecule has 5 heteroatoms. The molecule has 4 nitrogen and oxygen atoms in total. The van der Waals surface area contributed by atoms with Gasteiger partial charge in [0.05, 0.1) is 12.3 Å². The van der Waals surface area contributed by atoms with Crippen LogP contribution in [0.1, 0.15) is 5.56 Å². The first kappa shape index (κ1) is 11.3. The Morgan fingerprint density at radius 1 is 1.39 bits per heavy atom. The number of hydrogen-bond acceptors (Lipinski definition) is 4. The molecule has 0 atom stereocenters. The first-order valence-electron chi connectivity index (χ1n) is 5.68. The lowest BCUT2D eigenvalue weighted by atomic mass is 10.1. The minimum Gasteiger partial charge on any atom is -0.493 e. The van der Waals surface area contributed by atoms with Gasteiger partial charge in [-0.15, -0.1) is 0 Å². The highest BCUT2D eigenvalue weighted by atomic mass is 32.2. The Labute approximate surface area is 108 Å². The second kappa shape index (κ2) is 4.49. The third kappa shape index (κ3) is 2.01. The molecule has 0 unspecified atom stereocenters. The monoisotopic (exact) mass is 260 g/mol. The summed E-state index contributed by atoms with van der Waals surface area (Å²) in [6, 6.07) is 7.46. The number of hydrogen-bond donors (Lipinski definition) is 1. The predicted molar refractivity (Wildman–Crippen MR) is 71.3 cm³/mol. The van der Waals surface area contributed by atoms with Crippen LogP contribution in [0.25, 0.3) is 11.3 Å². The van der Waals surface area contributed by atoms with Gasteiger partial charge in [-0.05, 0) is 30.0 Å². The van der Waals surface area contributed by atoms with Crippen LogP contribution in [0.3, 0.4) is 0 Å². The molecule has 18 heavy (non-hydrogen) atoms. The Kier molecular flexibility index (Phi) is 2.83. The van der Waals surface area contributed by atoms with Crippen LogP contribution in [-0.4, -0.2) is 22.8 Å². The molecule has 1 aliphatic rings. The number of benzene rings is 1. The fourth-order valence-electron chi connectivity index (χ4n) is 2.03. The van der Waals surface area contributed by atoms with Crippen molar-refractivity contribution < 1.29 is 4.74 Å². The van der Waals surface area contributed by atoms with Crippen molar-refractivity contribution in [3.05, 3.63) is 40.2 Å². The van der Waals surface area contributed by atoms with Gasteiger partial charge in [0.15, 0.2) is 5.16 Å². The van der Waals surface area contributed by atoms with Crippen molar-refractivity contribution in [2.75, 3.05) is 12.9 Å². The molecule has 1 aromatic carbocycles. The van der Waals surface area contributed by atoms with Crippen molar-refractivity contribution in [3.63, 3.8) is 0 Å². The molecular weight excluding hydrogens is 248 g/mol. The highest BCUT2D eigenvalue weighted by Crippen LogP contribution is 2.29. The largest absolute Gasteiger partial charge is 0.493 e. The normalized spacial score (nSPS) is 13.2. The van der Waals surface area contributed by atoms with E-state index in [0.717, 1.165) is 24.3 Å². The molecule has 0 bridgehead atoms. The average molecular weight is 260 g/mol. The average Bonchev–Trinajstić information content (AvgIpc) is 2.85. The van der Waals surface area contributed by atoms with Crippen LogP contribution in [0.5, 0.6) is 5.75 Å². The predicted octanol–water partition coefficient (Wildman–Crippen LogP) is 2.09. The van der Waals surface area contributed by atoms with E-state index in [4.69, 9.17) is 4.74 Å². The fourth-order valence-corrected chi connectivity index (χ4v) is 2.42. The second-order valence-electron chi connectivity index (χ2n) is 4.06. The zero-order valence-electron chi connectivity index (χ0n) is 9.90. The van der Waals surface area contributed by atoms with E-state index in [0.29, 0.717) is 10.9 Å². The number of H-pyrrole nitrogens is 1. The number of aromatic nitrogens is 2. The van der Waals surface area contributed by atoms with Crippen LogP contribution < -0.4 is 10.3 Å². The zero-order valence-corrected chi connectivity index (χ0v) is 10.7. The lowest BCUT2D eigenvalue weighted by Crippen LogP contribution is -2.07. The Morgan fingerprint density at radius 3 is 3.11 bits per heavy atom. The lowest BCUT2D eigenvalue weighted by Gasteiger charge is -2.04. The molecule has 0 radical (unpaired) electrons. The second-order valence-corrected chi connectivity index (χ2v) is 4.86. The summed E-state index contributed by atoms with van der Waals surface area (Å²) in [5, 5.41) is 0.634. The van der Waals surface area contributed by atoms with Gasteiger partial charge in [0.1, 0.15) is 5.75 Å². The number of fused-ring (bicyclic) bond motifs is 1. The third-order valence-electron chi connectivity index (χ3n) is 2.90. The van der Waals surface area contributed by atoms with Crippen molar-refractivity contribution in [2.24, 2.45) is 0 Å². The molecule has 0 fully saturated rings. The van der Waals surface area contributed by atoms with Crippen molar-refractivity contribution >= 4 is 11.8 Å². The standard InChI is InChI=1S/C13H12N2O2S/c1-18-13-14-10(7-12(16)15-13)8-2-3-11-9(6-8)4-5-17-11/h2-3,6-7H,4-5H2,1H3,(H,14,15,16). The van der Waals surface area contributed by atoms with E-state index in [1.165, 1.54) is 23.4 Å². The smallest absolute Gasteiger partial charge is 0.252 e. The zero-order chi connectivity index (χ0) is 12.5. The van der Waals surface area contributed by atoms with Crippen LogP contribution in [0.15, 0.2) is 34.2 Å². The van der Waals surface area contributed by atoms with E-state index < -0.39 is 0 Å². The van der Waals surface area contributed by atoms with Crippen LogP contribution in [0, 0.1) is 0 Å². The quantitative estimate of drug-likeness (QED) is 0.663. The summed E-state index contributed by atoms with van der Waals surface area (Å²) in [5.74, 6) is 0.939. The molecule has 0 amide bonds. The van der Waals surface area contributed by atoms with Gasteiger partial charge in [0.2, 0.25) is 0 Å². The van der Waals surface area contributed by atoms with Crippen LogP contribution in [-0.2, 0) is 6.42 Å². The van der Waals surface area contributed by atoms with Crippen molar-refractivity contribution in [1.82, 2.24) is 9.97 Å². The van der Waals surface area contributed by atoms with Gasteiger partial charge in [-0.2, -0.15) is 0 Å². The van der Waals surface area contributed by atoms with Gasteiger partial charge >= 0.3 is 0 Å². The maximum atomic E-state index is 11.5. The van der Waals surface area contributed by atoms with Crippen molar-refractivity contribution in [1.29, 1.82) is 0 Å². The topological polar surface area (TPSA) is 55.0 Å². The number of ether oxygens (including phenoxy) is 1. The van der Waals surface area contributed by atoms with E-state index in [2.05, 4.69) is 9.97 Å². The van der Waals surface area contributed by atoms with Gasteiger partial charge in [-0.1, -0.05) is 11.8 Å². The number of nitrogens with one attached hydrogen (secondary N) is 1. The number of rotatable bonds is 2. The third-order valence-corrected chi connectivity index (χ3v) is 3.48. The molecule has 0 saturated heterocycles. The fraction of sp³-hybridized carbons (Fsp3) is 0.231.